The zero-order chi connectivity index (χ0) is 69.7. The van der Waals surface area contributed by atoms with Crippen LogP contribution in [-0.4, -0.2) is 281 Å². The van der Waals surface area contributed by atoms with Crippen molar-refractivity contribution < 1.29 is 80.0 Å². The molecule has 1 N–H and O–H groups in total. The molecule has 2 aliphatic heterocycles. The Morgan fingerprint density at radius 1 is 0.289 bits per heavy atom. The Bertz CT molecular complexity index is 2050. The van der Waals surface area contributed by atoms with Gasteiger partial charge in [0, 0.05) is 105 Å². The van der Waals surface area contributed by atoms with Crippen LogP contribution in [0.4, 0.5) is 0 Å². The molecule has 2 aliphatic rings. The van der Waals surface area contributed by atoms with Crippen molar-refractivity contribution in [3.05, 3.63) is 0 Å². The summed E-state index contributed by atoms with van der Waals surface area (Å²) in [5.74, 6) is -2.35. The molecule has 0 saturated carbocycles. The number of nitrogens with zero attached hydrogens (tertiary/aromatic N) is 8. The van der Waals surface area contributed by atoms with Crippen LogP contribution in [0.15, 0.2) is 0 Å². The van der Waals surface area contributed by atoms with Crippen LogP contribution in [0.2, 0.25) is 0 Å². The molecule has 0 aromatic rings. The smallest absolute Gasteiger partial charge is 0.345 e. The second-order valence-electron chi connectivity index (χ2n) is 31.7. The fraction of sp³-hybridized carbons (Fsp3) is 0.905. The number of hydrogen-bond donors (Lipinski definition) is 1. The number of rotatable bonds is 20. The molecule has 2 heterocycles. The molecule has 0 bridgehead atoms. The lowest BCUT2D eigenvalue weighted by atomic mass is 10.2. The first-order chi connectivity index (χ1) is 40.4. The lowest BCUT2D eigenvalue weighted by molar-refractivity contribution is -0.157. The van der Waals surface area contributed by atoms with Crippen LogP contribution < -0.4 is 0 Å². The maximum absolute atomic E-state index is 14.3. The molecule has 25 nitrogen and oxygen atoms in total. The normalized spacial score (nSPS) is 18.6. The Kier molecular flexibility index (Phi) is 34.2. The van der Waals surface area contributed by atoms with E-state index in [9.17, 15) is 43.0 Å². The second-order valence-corrected chi connectivity index (χ2v) is 35.4. The minimum Gasteiger partial charge on any atom is -0.480 e. The van der Waals surface area contributed by atoms with Crippen LogP contribution >= 0.6 is 15.2 Å². The van der Waals surface area contributed by atoms with Crippen LogP contribution in [0.5, 0.6) is 0 Å². The van der Waals surface area contributed by atoms with Gasteiger partial charge in [-0.2, -0.15) is 0 Å². The van der Waals surface area contributed by atoms with Gasteiger partial charge in [0.2, 0.25) is 0 Å². The molecule has 0 unspecified atom stereocenters. The molecule has 0 aromatic carbocycles. The van der Waals surface area contributed by atoms with Gasteiger partial charge in [0.25, 0.3) is 0 Å². The van der Waals surface area contributed by atoms with Gasteiger partial charge in [0.1, 0.15) is 40.8 Å². The summed E-state index contributed by atoms with van der Waals surface area (Å²) in [6.07, 6.45) is 0.0474. The molecule has 0 amide bonds. The van der Waals surface area contributed by atoms with Gasteiger partial charge >= 0.3 is 45.0 Å². The lowest BCUT2D eigenvalue weighted by Gasteiger charge is -2.37. The molecule has 0 aromatic heterocycles. The molecule has 2 fully saturated rings. The fourth-order valence-corrected chi connectivity index (χ4v) is 14.6. The Morgan fingerprint density at radius 3 is 0.611 bits per heavy atom. The molecule has 528 valence electrons. The van der Waals surface area contributed by atoms with Crippen LogP contribution in [0.25, 0.3) is 0 Å². The zero-order valence-electron chi connectivity index (χ0n) is 60.4. The monoisotopic (exact) mass is 1330 g/mol. The van der Waals surface area contributed by atoms with Gasteiger partial charge in [-0.25, -0.2) is 0 Å². The lowest BCUT2D eigenvalue weighted by Crippen LogP contribution is -2.49. The summed E-state index contributed by atoms with van der Waals surface area (Å²) in [6.45, 7) is 53.0. The third kappa shape index (κ3) is 45.4. The topological polar surface area (TPSA) is 257 Å². The molecule has 0 aliphatic carbocycles. The molecule has 0 spiro atoms. The van der Waals surface area contributed by atoms with Crippen molar-refractivity contribution in [3.63, 3.8) is 0 Å². The van der Waals surface area contributed by atoms with E-state index in [-0.39, 0.29) is 81.5 Å². The Labute approximate surface area is 542 Å². The Balaban J connectivity index is 0.000000900. The van der Waals surface area contributed by atoms with E-state index in [2.05, 4.69) is 4.90 Å². The molecule has 2 rings (SSSR count). The van der Waals surface area contributed by atoms with E-state index in [1.807, 2.05) is 196 Å². The third-order valence-electron chi connectivity index (χ3n) is 12.2. The van der Waals surface area contributed by atoms with Crippen molar-refractivity contribution in [2.45, 2.75) is 218 Å². The first-order valence-electron chi connectivity index (χ1n) is 31.8. The predicted molar refractivity (Wildman–Crippen MR) is 352 cm³/mol. The van der Waals surface area contributed by atoms with Crippen molar-refractivity contribution in [3.8, 4) is 0 Å². The van der Waals surface area contributed by atoms with E-state index in [0.717, 1.165) is 0 Å². The molecule has 0 atom stereocenters. The number of carbonyl (C=O) groups is 6. The van der Waals surface area contributed by atoms with Gasteiger partial charge in [0.05, 0.1) is 61.7 Å². The first-order valence-corrected chi connectivity index (χ1v) is 35.3. The van der Waals surface area contributed by atoms with Gasteiger partial charge < -0.3 is 42.1 Å². The van der Waals surface area contributed by atoms with Crippen molar-refractivity contribution in [1.82, 2.24) is 39.2 Å². The first kappa shape index (κ1) is 85.0. The number of ketones is 1. The number of Topliss-reactive ketones (excluding diaryl/α,β-unsaturated/α-hetero) is 1. The van der Waals surface area contributed by atoms with Gasteiger partial charge in [-0.05, 0) is 173 Å². The van der Waals surface area contributed by atoms with Crippen molar-refractivity contribution in [2.75, 3.05) is 157 Å². The van der Waals surface area contributed by atoms with Gasteiger partial charge in [-0.1, -0.05) is 0 Å². The minimum absolute atomic E-state index is 0.00718. The highest BCUT2D eigenvalue weighted by atomic mass is 31.2. The Morgan fingerprint density at radius 2 is 0.456 bits per heavy atom. The van der Waals surface area contributed by atoms with Crippen molar-refractivity contribution >= 4 is 50.8 Å². The molecule has 27 heteroatoms. The minimum atomic E-state index is -3.65. The summed E-state index contributed by atoms with van der Waals surface area (Å²) in [6, 6.07) is 0. The van der Waals surface area contributed by atoms with Crippen LogP contribution in [0.3, 0.4) is 0 Å². The van der Waals surface area contributed by atoms with E-state index >= 15 is 0 Å². The number of carboxylic acids is 1. The van der Waals surface area contributed by atoms with E-state index in [4.69, 9.17) is 37.0 Å². The molecule has 90 heavy (non-hydrogen) atoms. The quantitative estimate of drug-likeness (QED) is 0.0687. The van der Waals surface area contributed by atoms with Gasteiger partial charge in [0.15, 0.2) is 0 Å². The number of carboxylic acid groups (broad SMARTS) is 1. The number of ether oxygens (including phenoxy) is 4. The SMILES string of the molecule is CC(=O)CN1CCN(CC(=O)OC(C)(C)C)CCN(CP(=O)(OC(C)(C)C)OC(C)(C)C)CCN(CC(=O)OC(C)(C)C)CC1.CC(C)(C)OC(=O)CN1CCN(CC(=O)O)CCN(CC(=O)OC(C)(C)C)CCN(CP(=O)(OC(C)(C)C)OC(C)(C)C)CC1. The standard InChI is InChI=1S/C32H63N4O8P.C31H61N4O9P/c1-26(37)22-33-14-16-34(23-27(38)41-29(2,3)4)18-20-36(25-45(40,43-31(8,9)10)44-32(11,12)13)21-19-35(17-15-33)24-28(39)42-30(5,6)7;1-28(2,3)41-26(38)22-33-15-13-32(21-25(36)37)14-16-34(23-27(39)42-29(4,5)6)18-20-35(19-17-33)24-45(40,43-30(7,8)9)44-31(10,11)12/h14-25H2,1-13H3;13-24H2,1-12H3,(H,36,37). The summed E-state index contributed by atoms with van der Waals surface area (Å²) in [7, 11) is -7.28. The van der Waals surface area contributed by atoms with Crippen LogP contribution in [-0.2, 0) is 74.9 Å². The highest BCUT2D eigenvalue weighted by molar-refractivity contribution is 7.54. The highest BCUT2D eigenvalue weighted by Crippen LogP contribution is 2.56. The predicted octanol–water partition coefficient (Wildman–Crippen LogP) is 8.02. The van der Waals surface area contributed by atoms with Crippen LogP contribution in [0, 0.1) is 0 Å². The van der Waals surface area contributed by atoms with Gasteiger partial charge in [-0.3, -0.25) is 77.1 Å². The van der Waals surface area contributed by atoms with E-state index in [1.165, 1.54) is 0 Å². The molecular weight excluding hydrogens is 1200 g/mol. The number of hydrogen-bond acceptors (Lipinski definition) is 24. The summed E-state index contributed by atoms with van der Waals surface area (Å²) in [4.78, 5) is 90.8. The fourth-order valence-electron chi connectivity index (χ4n) is 9.43. The third-order valence-corrected chi connectivity index (χ3v) is 17.0. The molecule has 2 saturated heterocycles. The summed E-state index contributed by atoms with van der Waals surface area (Å²) in [5, 5.41) is 9.56. The zero-order valence-corrected chi connectivity index (χ0v) is 62.2. The van der Waals surface area contributed by atoms with E-state index in [1.54, 1.807) is 11.8 Å². The maximum atomic E-state index is 14.3. The largest absolute Gasteiger partial charge is 0.480 e. The second kappa shape index (κ2) is 36.2. The maximum Gasteiger partial charge on any atom is 0.345 e. The van der Waals surface area contributed by atoms with Gasteiger partial charge in [-0.15, -0.1) is 0 Å². The molecule has 0 radical (unpaired) electrons. The highest BCUT2D eigenvalue weighted by Gasteiger charge is 2.40. The number of aliphatic carboxylic acids is 1. The number of esters is 4. The summed E-state index contributed by atoms with van der Waals surface area (Å²) >= 11 is 0. The average Bonchev–Trinajstić information content (AvgIpc) is 0.924. The van der Waals surface area contributed by atoms with Crippen molar-refractivity contribution in [1.29, 1.82) is 0 Å². The number of carbonyl (C=O) groups excluding carboxylic acids is 5. The average molecular weight is 1330 g/mol. The van der Waals surface area contributed by atoms with E-state index in [0.29, 0.717) is 105 Å². The summed E-state index contributed by atoms with van der Waals surface area (Å²) < 4.78 is 75.2. The van der Waals surface area contributed by atoms with E-state index < -0.39 is 66.0 Å². The van der Waals surface area contributed by atoms with Crippen LogP contribution in [0.1, 0.15) is 173 Å². The van der Waals surface area contributed by atoms with Crippen molar-refractivity contribution in [2.24, 2.45) is 0 Å². The Hall–Kier alpha value is -3.00. The molecular formula is C63H124N8O17P2. The summed E-state index contributed by atoms with van der Waals surface area (Å²) in [5.41, 5.74) is -5.41.